The van der Waals surface area contributed by atoms with Crippen LogP contribution in [0.3, 0.4) is 0 Å². The first-order valence-corrected chi connectivity index (χ1v) is 7.83. The second-order valence-electron chi connectivity index (χ2n) is 5.28. The number of allylic oxidation sites excluding steroid dienone is 1. The van der Waals surface area contributed by atoms with Gasteiger partial charge in [-0.1, -0.05) is 23.4 Å². The monoisotopic (exact) mass is 360 g/mol. The summed E-state index contributed by atoms with van der Waals surface area (Å²) in [5.41, 5.74) is 1.42. The number of benzene rings is 1. The summed E-state index contributed by atoms with van der Waals surface area (Å²) in [6.45, 7) is 1.57. The van der Waals surface area contributed by atoms with Gasteiger partial charge in [-0.2, -0.15) is 0 Å². The number of methoxy groups -OCH3 is 1. The Bertz CT molecular complexity index is 800. The van der Waals surface area contributed by atoms with Crippen LogP contribution in [0.2, 0.25) is 0 Å². The molecule has 26 heavy (non-hydrogen) atoms. The molecule has 0 bridgehead atoms. The molecule has 138 valence electrons. The van der Waals surface area contributed by atoms with Gasteiger partial charge in [0, 0.05) is 0 Å². The molecule has 0 fully saturated rings. The lowest BCUT2D eigenvalue weighted by atomic mass is 10.2. The fraction of sp³-hybridized carbons (Fsp3) is 0.294. The Morgan fingerprint density at radius 3 is 2.85 bits per heavy atom. The van der Waals surface area contributed by atoms with Crippen molar-refractivity contribution < 1.29 is 24.2 Å². The smallest absolute Gasteiger partial charge is 0.325 e. The first-order chi connectivity index (χ1) is 12.5. The van der Waals surface area contributed by atoms with Gasteiger partial charge in [-0.3, -0.25) is 9.59 Å². The van der Waals surface area contributed by atoms with Crippen molar-refractivity contribution in [3.63, 3.8) is 0 Å². The maximum absolute atomic E-state index is 11.9. The van der Waals surface area contributed by atoms with Crippen molar-refractivity contribution in [3.05, 3.63) is 41.7 Å². The van der Waals surface area contributed by atoms with Gasteiger partial charge in [-0.05, 0) is 24.6 Å². The topological polar surface area (TPSA) is 116 Å². The highest BCUT2D eigenvalue weighted by atomic mass is 16.5. The van der Waals surface area contributed by atoms with Crippen molar-refractivity contribution in [2.75, 3.05) is 13.7 Å². The van der Waals surface area contributed by atoms with Crippen LogP contribution in [-0.2, 0) is 22.7 Å². The molecular weight excluding hydrogens is 340 g/mol. The van der Waals surface area contributed by atoms with Gasteiger partial charge >= 0.3 is 5.97 Å². The first-order valence-electron chi connectivity index (χ1n) is 7.83. The lowest BCUT2D eigenvalue weighted by molar-refractivity contribution is -0.138. The minimum absolute atomic E-state index is 0.124. The number of carboxylic acids is 1. The van der Waals surface area contributed by atoms with E-state index in [1.165, 1.54) is 18.0 Å². The molecular formula is C17H20N4O5. The molecule has 2 rings (SSSR count). The predicted molar refractivity (Wildman–Crippen MR) is 92.7 cm³/mol. The van der Waals surface area contributed by atoms with Crippen molar-refractivity contribution in [1.82, 2.24) is 20.3 Å². The van der Waals surface area contributed by atoms with Crippen LogP contribution in [0, 0.1) is 0 Å². The molecule has 0 spiro atoms. The summed E-state index contributed by atoms with van der Waals surface area (Å²) in [6, 6.07) is 5.41. The summed E-state index contributed by atoms with van der Waals surface area (Å²) in [6.07, 6.45) is 5.30. The molecule has 0 aliphatic carbocycles. The Kier molecular flexibility index (Phi) is 6.72. The molecule has 0 saturated carbocycles. The fourth-order valence-corrected chi connectivity index (χ4v) is 2.12. The Morgan fingerprint density at radius 2 is 2.15 bits per heavy atom. The van der Waals surface area contributed by atoms with Gasteiger partial charge in [-0.25, -0.2) is 4.68 Å². The number of carbonyl (C=O) groups is 2. The quantitative estimate of drug-likeness (QED) is 0.688. The predicted octanol–water partition coefficient (Wildman–Crippen LogP) is 1.10. The average molecular weight is 360 g/mol. The van der Waals surface area contributed by atoms with E-state index in [2.05, 4.69) is 15.6 Å². The third kappa shape index (κ3) is 5.62. The number of aliphatic carboxylic acids is 1. The number of hydrogen-bond acceptors (Lipinski definition) is 6. The molecule has 1 heterocycles. The fourth-order valence-electron chi connectivity index (χ4n) is 2.12. The molecule has 0 aliphatic rings. The molecule has 0 radical (unpaired) electrons. The number of amides is 1. The molecule has 0 unspecified atom stereocenters. The maximum atomic E-state index is 11.9. The third-order valence-corrected chi connectivity index (χ3v) is 3.26. The van der Waals surface area contributed by atoms with Crippen LogP contribution in [-0.4, -0.2) is 45.7 Å². The average Bonchev–Trinajstić information content (AvgIpc) is 3.05. The highest BCUT2D eigenvalue weighted by Gasteiger charge is 2.09. The van der Waals surface area contributed by atoms with Gasteiger partial charge in [0.15, 0.2) is 18.1 Å². The van der Waals surface area contributed by atoms with Gasteiger partial charge in [0.05, 0.1) is 19.9 Å². The number of carboxylic acid groups (broad SMARTS) is 1. The zero-order chi connectivity index (χ0) is 18.9. The summed E-state index contributed by atoms with van der Waals surface area (Å²) >= 11 is 0. The molecule has 1 aromatic heterocycles. The van der Waals surface area contributed by atoms with Crippen LogP contribution in [0.25, 0.3) is 6.08 Å². The van der Waals surface area contributed by atoms with E-state index in [9.17, 15) is 9.59 Å². The van der Waals surface area contributed by atoms with Crippen LogP contribution in [0.4, 0.5) is 0 Å². The van der Waals surface area contributed by atoms with Crippen molar-refractivity contribution in [2.24, 2.45) is 0 Å². The van der Waals surface area contributed by atoms with E-state index in [4.69, 9.17) is 14.6 Å². The van der Waals surface area contributed by atoms with Crippen LogP contribution in [0.5, 0.6) is 11.5 Å². The molecule has 9 heteroatoms. The highest BCUT2D eigenvalue weighted by molar-refractivity contribution is 5.77. The lowest BCUT2D eigenvalue weighted by Crippen LogP contribution is -2.28. The Morgan fingerprint density at radius 1 is 1.35 bits per heavy atom. The maximum Gasteiger partial charge on any atom is 0.325 e. The van der Waals surface area contributed by atoms with E-state index < -0.39 is 5.97 Å². The van der Waals surface area contributed by atoms with Crippen molar-refractivity contribution >= 4 is 18.0 Å². The summed E-state index contributed by atoms with van der Waals surface area (Å²) < 4.78 is 11.9. The summed E-state index contributed by atoms with van der Waals surface area (Å²) in [5, 5.41) is 18.7. The molecule has 1 aromatic carbocycles. The molecule has 2 aromatic rings. The Hall–Kier alpha value is -3.36. The number of nitrogens with one attached hydrogen (secondary N) is 1. The minimum Gasteiger partial charge on any atom is -0.493 e. The normalized spacial score (nSPS) is 10.7. The number of nitrogens with zero attached hydrogens (tertiary/aromatic N) is 3. The Labute approximate surface area is 150 Å². The zero-order valence-corrected chi connectivity index (χ0v) is 14.5. The summed E-state index contributed by atoms with van der Waals surface area (Å²) in [4.78, 5) is 22.5. The molecule has 9 nitrogen and oxygen atoms in total. The molecule has 2 N–H and O–H groups in total. The van der Waals surface area contributed by atoms with Gasteiger partial charge in [-0.15, -0.1) is 5.10 Å². The number of carbonyl (C=O) groups excluding carboxylic acids is 1. The lowest BCUT2D eigenvalue weighted by Gasteiger charge is -2.11. The second kappa shape index (κ2) is 9.21. The number of aromatic nitrogens is 3. The minimum atomic E-state index is -1.02. The van der Waals surface area contributed by atoms with Crippen LogP contribution < -0.4 is 14.8 Å². The van der Waals surface area contributed by atoms with E-state index in [0.717, 1.165) is 5.56 Å². The van der Waals surface area contributed by atoms with E-state index >= 15 is 0 Å². The molecule has 1 amide bonds. The van der Waals surface area contributed by atoms with E-state index in [0.29, 0.717) is 17.2 Å². The van der Waals surface area contributed by atoms with Crippen LogP contribution in [0.15, 0.2) is 30.5 Å². The second-order valence-corrected chi connectivity index (χ2v) is 5.28. The highest BCUT2D eigenvalue weighted by Crippen LogP contribution is 2.28. The van der Waals surface area contributed by atoms with Gasteiger partial charge in [0.2, 0.25) is 0 Å². The molecule has 0 atom stereocenters. The largest absolute Gasteiger partial charge is 0.493 e. The molecule has 0 aliphatic heterocycles. The third-order valence-electron chi connectivity index (χ3n) is 3.26. The van der Waals surface area contributed by atoms with Gasteiger partial charge in [0.25, 0.3) is 5.91 Å². The van der Waals surface area contributed by atoms with E-state index in [1.807, 2.05) is 31.2 Å². The number of rotatable bonds is 9. The number of ether oxygens (including phenoxy) is 2. The zero-order valence-electron chi connectivity index (χ0n) is 14.5. The Balaban J connectivity index is 1.85. The summed E-state index contributed by atoms with van der Waals surface area (Å²) in [7, 11) is 1.53. The first kappa shape index (κ1) is 19.0. The van der Waals surface area contributed by atoms with E-state index in [-0.39, 0.29) is 25.6 Å². The van der Waals surface area contributed by atoms with Gasteiger partial charge in [0.1, 0.15) is 12.2 Å². The summed E-state index contributed by atoms with van der Waals surface area (Å²) in [5.74, 6) is -0.376. The molecule has 0 saturated heterocycles. The van der Waals surface area contributed by atoms with Crippen molar-refractivity contribution in [1.29, 1.82) is 0 Å². The van der Waals surface area contributed by atoms with Crippen molar-refractivity contribution in [2.45, 2.75) is 20.0 Å². The van der Waals surface area contributed by atoms with Crippen LogP contribution >= 0.6 is 0 Å². The van der Waals surface area contributed by atoms with Crippen LogP contribution in [0.1, 0.15) is 18.2 Å². The number of hydrogen-bond donors (Lipinski definition) is 2. The van der Waals surface area contributed by atoms with Crippen molar-refractivity contribution in [3.8, 4) is 11.5 Å². The standard InChI is InChI=1S/C17H20N4O5/c1-3-4-12-5-6-14(15(7-12)25-2)26-11-16(22)18-8-13-9-21(20-19-13)10-17(23)24/h3-7,9H,8,10-11H2,1-2H3,(H,18,22)(H,23,24)/b4-3+. The van der Waals surface area contributed by atoms with Gasteiger partial charge < -0.3 is 19.9 Å². The van der Waals surface area contributed by atoms with E-state index in [1.54, 1.807) is 6.07 Å². The SMILES string of the molecule is C/C=C/c1ccc(OCC(=O)NCc2cn(CC(=O)O)nn2)c(OC)c1.